The minimum absolute atomic E-state index is 0.0265. The number of unbranched alkanes of at least 4 members (excludes halogenated alkanes) is 4. The molecule has 0 N–H and O–H groups in total. The smallest absolute Gasteiger partial charge is 0.308 e. The van der Waals surface area contributed by atoms with Crippen molar-refractivity contribution in [1.82, 2.24) is 0 Å². The lowest BCUT2D eigenvalue weighted by Crippen LogP contribution is -2.20. The van der Waals surface area contributed by atoms with Crippen LogP contribution in [0.5, 0.6) is 0 Å². The molecule has 0 radical (unpaired) electrons. The Morgan fingerprint density at radius 3 is 1.92 bits per heavy atom. The summed E-state index contributed by atoms with van der Waals surface area (Å²) in [5.74, 6) is 0.677. The molecule has 0 fully saturated rings. The molecule has 0 aromatic carbocycles. The molecular weight excluding hydrogens is 356 g/mol. The van der Waals surface area contributed by atoms with Crippen molar-refractivity contribution in [3.8, 4) is 0 Å². The highest BCUT2D eigenvalue weighted by Crippen LogP contribution is 2.14. The third-order valence-electron chi connectivity index (χ3n) is 4.12. The minimum atomic E-state index is -0.0967. The molecule has 0 bridgehead atoms. The van der Waals surface area contributed by atoms with Crippen LogP contribution >= 0.6 is 11.6 Å². The maximum atomic E-state index is 11.9. The number of hydrogen-bond donors (Lipinski definition) is 0. The Balaban J connectivity index is 3.27. The molecular formula is C20H39ClO5. The van der Waals surface area contributed by atoms with Crippen LogP contribution in [0.25, 0.3) is 0 Å². The number of halogens is 1. The lowest BCUT2D eigenvalue weighted by Gasteiger charge is -2.13. The van der Waals surface area contributed by atoms with Gasteiger partial charge in [-0.15, -0.1) is 11.6 Å². The predicted octanol–water partition coefficient (Wildman–Crippen LogP) is 4.60. The molecule has 0 aliphatic carbocycles. The number of ether oxygens (including phenoxy) is 4. The average Bonchev–Trinajstić information content (AvgIpc) is 2.65. The number of hydrogen-bond acceptors (Lipinski definition) is 5. The molecule has 0 saturated carbocycles. The van der Waals surface area contributed by atoms with Crippen molar-refractivity contribution in [3.05, 3.63) is 0 Å². The second-order valence-electron chi connectivity index (χ2n) is 6.36. The van der Waals surface area contributed by atoms with Crippen LogP contribution < -0.4 is 0 Å². The first kappa shape index (κ1) is 25.6. The van der Waals surface area contributed by atoms with Gasteiger partial charge in [0.15, 0.2) is 0 Å². The maximum Gasteiger partial charge on any atom is 0.308 e. The predicted molar refractivity (Wildman–Crippen MR) is 106 cm³/mol. The van der Waals surface area contributed by atoms with Crippen molar-refractivity contribution in [2.24, 2.45) is 5.92 Å². The van der Waals surface area contributed by atoms with Gasteiger partial charge in [0.1, 0.15) is 6.61 Å². The van der Waals surface area contributed by atoms with Crippen LogP contribution in [0.1, 0.15) is 65.2 Å². The van der Waals surface area contributed by atoms with Crippen LogP contribution in [0.3, 0.4) is 0 Å². The van der Waals surface area contributed by atoms with Crippen LogP contribution in [0.15, 0.2) is 0 Å². The van der Waals surface area contributed by atoms with Crippen LogP contribution in [0, 0.1) is 5.92 Å². The molecule has 0 aliphatic heterocycles. The summed E-state index contributed by atoms with van der Waals surface area (Å²) in [4.78, 5) is 11.9. The molecule has 0 rings (SSSR count). The summed E-state index contributed by atoms with van der Waals surface area (Å²) in [6.45, 7) is 7.89. The van der Waals surface area contributed by atoms with E-state index in [9.17, 15) is 4.79 Å². The highest BCUT2D eigenvalue weighted by Gasteiger charge is 2.16. The van der Waals surface area contributed by atoms with Crippen LogP contribution in [0.2, 0.25) is 0 Å². The molecule has 1 atom stereocenters. The normalized spacial score (nSPS) is 12.3. The van der Waals surface area contributed by atoms with Crippen molar-refractivity contribution in [3.63, 3.8) is 0 Å². The van der Waals surface area contributed by atoms with Gasteiger partial charge in [-0.1, -0.05) is 39.5 Å². The van der Waals surface area contributed by atoms with E-state index in [1.807, 2.05) is 6.92 Å². The van der Waals surface area contributed by atoms with Gasteiger partial charge in [0.05, 0.1) is 39.0 Å². The monoisotopic (exact) mass is 394 g/mol. The zero-order valence-corrected chi connectivity index (χ0v) is 17.6. The van der Waals surface area contributed by atoms with E-state index in [0.717, 1.165) is 51.0 Å². The summed E-state index contributed by atoms with van der Waals surface area (Å²) in [5.41, 5.74) is 0. The van der Waals surface area contributed by atoms with Gasteiger partial charge in [-0.05, 0) is 25.7 Å². The van der Waals surface area contributed by atoms with E-state index >= 15 is 0 Å². The quantitative estimate of drug-likeness (QED) is 0.172. The van der Waals surface area contributed by atoms with Gasteiger partial charge in [-0.25, -0.2) is 0 Å². The SMILES string of the molecule is CCCCC(CC)C(=O)OCCOCCOCCOCCCCCCCl. The van der Waals surface area contributed by atoms with Gasteiger partial charge in [-0.2, -0.15) is 0 Å². The Labute approximate surface area is 165 Å². The molecule has 156 valence electrons. The van der Waals surface area contributed by atoms with E-state index in [4.69, 9.17) is 30.5 Å². The van der Waals surface area contributed by atoms with Crippen molar-refractivity contribution in [2.45, 2.75) is 65.2 Å². The third kappa shape index (κ3) is 17.1. The van der Waals surface area contributed by atoms with Crippen LogP contribution in [-0.2, 0) is 23.7 Å². The summed E-state index contributed by atoms with van der Waals surface area (Å²) < 4.78 is 21.6. The molecule has 0 aromatic heterocycles. The van der Waals surface area contributed by atoms with Crippen molar-refractivity contribution in [1.29, 1.82) is 0 Å². The Kier molecular flexibility index (Phi) is 20.7. The molecule has 0 heterocycles. The van der Waals surface area contributed by atoms with E-state index in [-0.39, 0.29) is 11.9 Å². The molecule has 6 heteroatoms. The lowest BCUT2D eigenvalue weighted by molar-refractivity contribution is -0.150. The van der Waals surface area contributed by atoms with E-state index in [1.165, 1.54) is 12.8 Å². The third-order valence-corrected chi connectivity index (χ3v) is 4.39. The molecule has 26 heavy (non-hydrogen) atoms. The second-order valence-corrected chi connectivity index (χ2v) is 6.73. The van der Waals surface area contributed by atoms with Gasteiger partial charge >= 0.3 is 5.97 Å². The molecule has 0 aliphatic rings. The first-order valence-corrected chi connectivity index (χ1v) is 10.8. The van der Waals surface area contributed by atoms with Gasteiger partial charge in [-0.3, -0.25) is 4.79 Å². The largest absolute Gasteiger partial charge is 0.463 e. The first-order valence-electron chi connectivity index (χ1n) is 10.2. The highest BCUT2D eigenvalue weighted by molar-refractivity contribution is 6.17. The van der Waals surface area contributed by atoms with E-state index in [0.29, 0.717) is 39.6 Å². The fraction of sp³-hybridized carbons (Fsp3) is 0.950. The topological polar surface area (TPSA) is 54.0 Å². The zero-order chi connectivity index (χ0) is 19.3. The highest BCUT2D eigenvalue weighted by atomic mass is 35.5. The van der Waals surface area contributed by atoms with E-state index in [1.54, 1.807) is 0 Å². The van der Waals surface area contributed by atoms with Gasteiger partial charge in [0.25, 0.3) is 0 Å². The number of alkyl halides is 1. The first-order chi connectivity index (χ1) is 12.8. The molecule has 0 spiro atoms. The summed E-state index contributed by atoms with van der Waals surface area (Å²) in [6, 6.07) is 0. The van der Waals surface area contributed by atoms with Crippen LogP contribution in [0.4, 0.5) is 0 Å². The molecule has 1 unspecified atom stereocenters. The average molecular weight is 395 g/mol. The summed E-state index contributed by atoms with van der Waals surface area (Å²) in [6.07, 6.45) is 8.43. The summed E-state index contributed by atoms with van der Waals surface area (Å²) in [5, 5.41) is 0. The number of carbonyl (C=O) groups excluding carboxylic acids is 1. The van der Waals surface area contributed by atoms with Crippen LogP contribution in [-0.4, -0.2) is 58.1 Å². The number of rotatable bonds is 20. The fourth-order valence-electron chi connectivity index (χ4n) is 2.45. The maximum absolute atomic E-state index is 11.9. The number of carbonyl (C=O) groups is 1. The summed E-state index contributed by atoms with van der Waals surface area (Å²) >= 11 is 5.62. The summed E-state index contributed by atoms with van der Waals surface area (Å²) in [7, 11) is 0. The lowest BCUT2D eigenvalue weighted by atomic mass is 10.00. The van der Waals surface area contributed by atoms with Gasteiger partial charge in [0.2, 0.25) is 0 Å². The van der Waals surface area contributed by atoms with Crippen molar-refractivity contribution in [2.75, 3.05) is 52.1 Å². The van der Waals surface area contributed by atoms with E-state index in [2.05, 4.69) is 6.92 Å². The standard InChI is InChI=1S/C20H39ClO5/c1-3-5-10-19(4-2)20(22)26-18-17-25-16-15-24-14-13-23-12-9-7-6-8-11-21/h19H,3-18H2,1-2H3. The number of esters is 1. The van der Waals surface area contributed by atoms with Crippen molar-refractivity contribution < 1.29 is 23.7 Å². The molecule has 0 saturated heterocycles. The molecule has 0 amide bonds. The molecule has 5 nitrogen and oxygen atoms in total. The second kappa shape index (κ2) is 20.9. The van der Waals surface area contributed by atoms with Crippen molar-refractivity contribution >= 4 is 17.6 Å². The fourth-order valence-corrected chi connectivity index (χ4v) is 2.64. The van der Waals surface area contributed by atoms with Gasteiger partial charge < -0.3 is 18.9 Å². The van der Waals surface area contributed by atoms with E-state index < -0.39 is 0 Å². The zero-order valence-electron chi connectivity index (χ0n) is 16.8. The Morgan fingerprint density at radius 2 is 1.35 bits per heavy atom. The molecule has 0 aromatic rings. The Hall–Kier alpha value is -0.360. The minimum Gasteiger partial charge on any atom is -0.463 e. The Morgan fingerprint density at radius 1 is 0.769 bits per heavy atom. The Bertz CT molecular complexity index is 302. The van der Waals surface area contributed by atoms with Gasteiger partial charge in [0, 0.05) is 12.5 Å².